The van der Waals surface area contributed by atoms with Gasteiger partial charge in [0.2, 0.25) is 17.7 Å². The van der Waals surface area contributed by atoms with Gasteiger partial charge in [-0.3, -0.25) is 14.4 Å². The van der Waals surface area contributed by atoms with Gasteiger partial charge in [-0.1, -0.05) is 23.8 Å². The first kappa shape index (κ1) is 36.0. The third-order valence-electron chi connectivity index (χ3n) is 7.62. The maximum absolute atomic E-state index is 12.2. The number of fused-ring (bicyclic) bond motifs is 1. The molecule has 45 heavy (non-hydrogen) atoms. The van der Waals surface area contributed by atoms with E-state index in [0.717, 1.165) is 29.7 Å². The zero-order valence-electron chi connectivity index (χ0n) is 25.6. The molecule has 2 aromatic carbocycles. The number of nitrogens with one attached hydrogen (secondary N) is 3. The van der Waals surface area contributed by atoms with Gasteiger partial charge in [-0.05, 0) is 81.7 Å². The minimum atomic E-state index is -4.21. The fraction of sp³-hybridized carbons (Fsp3) is 0.500. The summed E-state index contributed by atoms with van der Waals surface area (Å²) in [6, 6.07) is 9.13. The van der Waals surface area contributed by atoms with Crippen molar-refractivity contribution in [1.29, 1.82) is 0 Å². The molecule has 0 spiro atoms. The number of hydrogen-bond acceptors (Lipinski definition) is 8. The maximum atomic E-state index is 12.2. The Morgan fingerprint density at radius 1 is 1.04 bits per heavy atom. The number of carbonyl (C=O) groups is 3. The van der Waals surface area contributed by atoms with Crippen molar-refractivity contribution in [1.82, 2.24) is 10.6 Å². The minimum absolute atomic E-state index is 0.0321. The monoisotopic (exact) mass is 634 g/mol. The molecule has 0 bridgehead atoms. The SMILES string of the molecule is CC1(C)OB(O)c2cc(NC(=O)CNC(=O)C(N)CCC(=O)NC3CC(N)CC(N)C3)ccc21.Cc1ccc(C(F)(F)F)cc1. The van der Waals surface area contributed by atoms with Gasteiger partial charge in [0.25, 0.3) is 0 Å². The number of anilines is 1. The van der Waals surface area contributed by atoms with Crippen LogP contribution in [0.4, 0.5) is 18.9 Å². The molecule has 1 saturated carbocycles. The van der Waals surface area contributed by atoms with Crippen molar-refractivity contribution in [3.63, 3.8) is 0 Å². The zero-order valence-corrected chi connectivity index (χ0v) is 25.6. The number of amides is 3. The van der Waals surface area contributed by atoms with E-state index in [9.17, 15) is 32.6 Å². The second kappa shape index (κ2) is 15.2. The van der Waals surface area contributed by atoms with E-state index in [2.05, 4.69) is 16.0 Å². The van der Waals surface area contributed by atoms with Gasteiger partial charge in [0.15, 0.2) is 0 Å². The third-order valence-corrected chi connectivity index (χ3v) is 7.62. The number of carbonyl (C=O) groups excluding carboxylic acids is 3. The number of nitrogens with two attached hydrogens (primary N) is 3. The van der Waals surface area contributed by atoms with Gasteiger partial charge in [0.1, 0.15) is 0 Å². The highest BCUT2D eigenvalue weighted by Crippen LogP contribution is 2.31. The molecule has 1 aliphatic heterocycles. The second-order valence-corrected chi connectivity index (χ2v) is 12.0. The standard InChI is InChI=1S/C22H35BN6O5.C8H7F3/c1-22(2)16-4-3-14(10-17(16)23(33)34-22)28-20(31)11-27-21(32)18(26)5-6-19(30)29-15-8-12(24)7-13(25)9-15;1-6-2-4-7(5-3-6)8(9,10)11/h3-4,10,12-13,15,18,33H,5-9,11,24-26H2,1-2H3,(H,27,32)(H,28,31)(H,29,30);2-5H,1H3. The summed E-state index contributed by atoms with van der Waals surface area (Å²) >= 11 is 0. The Morgan fingerprint density at radius 3 is 2.27 bits per heavy atom. The summed E-state index contributed by atoms with van der Waals surface area (Å²) in [7, 11) is -1.07. The van der Waals surface area contributed by atoms with E-state index in [1.165, 1.54) is 12.1 Å². The van der Waals surface area contributed by atoms with Crippen LogP contribution in [0, 0.1) is 6.92 Å². The van der Waals surface area contributed by atoms with E-state index in [0.29, 0.717) is 24.0 Å². The van der Waals surface area contributed by atoms with Crippen LogP contribution in [-0.4, -0.2) is 60.6 Å². The van der Waals surface area contributed by atoms with Crippen molar-refractivity contribution >= 4 is 36.0 Å². The Kier molecular flexibility index (Phi) is 12.1. The Labute approximate surface area is 261 Å². The number of aryl methyl sites for hydroxylation is 1. The lowest BCUT2D eigenvalue weighted by molar-refractivity contribution is -0.137. The van der Waals surface area contributed by atoms with Crippen LogP contribution < -0.4 is 38.6 Å². The summed E-state index contributed by atoms with van der Waals surface area (Å²) in [5.74, 6) is -1.18. The van der Waals surface area contributed by atoms with E-state index in [-0.39, 0.29) is 43.4 Å². The van der Waals surface area contributed by atoms with Gasteiger partial charge in [0, 0.05) is 30.2 Å². The summed E-state index contributed by atoms with van der Waals surface area (Å²) in [5.41, 5.74) is 19.3. The average Bonchev–Trinajstić information content (AvgIpc) is 3.16. The molecule has 2 aromatic rings. The molecule has 3 atom stereocenters. The van der Waals surface area contributed by atoms with Gasteiger partial charge < -0.3 is 42.8 Å². The average molecular weight is 635 g/mol. The van der Waals surface area contributed by atoms with E-state index < -0.39 is 42.3 Å². The molecule has 15 heteroatoms. The molecular weight excluding hydrogens is 592 g/mol. The first-order valence-corrected chi connectivity index (χ1v) is 14.7. The number of benzene rings is 2. The largest absolute Gasteiger partial charge is 0.492 e. The van der Waals surface area contributed by atoms with E-state index >= 15 is 0 Å². The first-order chi connectivity index (χ1) is 20.9. The fourth-order valence-electron chi connectivity index (χ4n) is 5.29. The van der Waals surface area contributed by atoms with Crippen molar-refractivity contribution in [2.45, 2.75) is 88.8 Å². The van der Waals surface area contributed by atoms with Gasteiger partial charge in [0.05, 0.1) is 23.8 Å². The van der Waals surface area contributed by atoms with Crippen LogP contribution in [0.2, 0.25) is 0 Å². The van der Waals surface area contributed by atoms with Crippen LogP contribution in [0.1, 0.15) is 62.6 Å². The van der Waals surface area contributed by atoms with Crippen molar-refractivity contribution in [2.24, 2.45) is 17.2 Å². The fourth-order valence-corrected chi connectivity index (χ4v) is 5.29. The highest BCUT2D eigenvalue weighted by Gasteiger charge is 2.40. The molecule has 4 rings (SSSR count). The lowest BCUT2D eigenvalue weighted by Crippen LogP contribution is -2.49. The molecule has 1 aliphatic carbocycles. The molecule has 0 aromatic heterocycles. The number of halogens is 3. The van der Waals surface area contributed by atoms with Crippen LogP contribution in [0.15, 0.2) is 42.5 Å². The van der Waals surface area contributed by atoms with Crippen LogP contribution in [0.25, 0.3) is 0 Å². The van der Waals surface area contributed by atoms with Crippen LogP contribution in [-0.2, 0) is 30.8 Å². The summed E-state index contributed by atoms with van der Waals surface area (Å²) < 4.78 is 41.3. The smallest absolute Gasteiger partial charge is 0.423 e. The number of rotatable bonds is 8. The van der Waals surface area contributed by atoms with Crippen molar-refractivity contribution < 1.29 is 37.2 Å². The molecule has 3 amide bonds. The van der Waals surface area contributed by atoms with Crippen molar-refractivity contribution in [3.05, 3.63) is 59.2 Å². The third kappa shape index (κ3) is 10.8. The van der Waals surface area contributed by atoms with E-state index in [4.69, 9.17) is 21.9 Å². The molecule has 0 radical (unpaired) electrons. The van der Waals surface area contributed by atoms with Crippen LogP contribution in [0.5, 0.6) is 0 Å². The summed E-state index contributed by atoms with van der Waals surface area (Å²) in [4.78, 5) is 36.7. The minimum Gasteiger partial charge on any atom is -0.423 e. The van der Waals surface area contributed by atoms with Crippen LogP contribution >= 0.6 is 0 Å². The number of hydrogen-bond donors (Lipinski definition) is 7. The molecule has 0 saturated heterocycles. The Morgan fingerprint density at radius 2 is 1.67 bits per heavy atom. The Hall–Kier alpha value is -3.50. The zero-order chi connectivity index (χ0) is 33.5. The highest BCUT2D eigenvalue weighted by atomic mass is 19.4. The molecule has 246 valence electrons. The molecule has 1 fully saturated rings. The summed E-state index contributed by atoms with van der Waals surface area (Å²) in [6.07, 6.45) is -1.90. The summed E-state index contributed by atoms with van der Waals surface area (Å²) in [5, 5.41) is 18.1. The molecule has 10 N–H and O–H groups in total. The topological polar surface area (TPSA) is 195 Å². The highest BCUT2D eigenvalue weighted by molar-refractivity contribution is 6.62. The molecule has 2 aliphatic rings. The Bertz CT molecular complexity index is 1330. The van der Waals surface area contributed by atoms with Crippen LogP contribution in [0.3, 0.4) is 0 Å². The van der Waals surface area contributed by atoms with E-state index in [1.54, 1.807) is 25.1 Å². The van der Waals surface area contributed by atoms with Crippen molar-refractivity contribution in [2.75, 3.05) is 11.9 Å². The lowest BCUT2D eigenvalue weighted by atomic mass is 9.78. The maximum Gasteiger partial charge on any atom is 0.492 e. The molecular formula is C30H42BF3N6O5. The van der Waals surface area contributed by atoms with Crippen molar-refractivity contribution in [3.8, 4) is 0 Å². The number of alkyl halides is 3. The lowest BCUT2D eigenvalue weighted by Gasteiger charge is -2.31. The normalized spacial score (nSPS) is 21.1. The van der Waals surface area contributed by atoms with Gasteiger partial charge >= 0.3 is 13.3 Å². The van der Waals surface area contributed by atoms with Gasteiger partial charge in [-0.25, -0.2) is 0 Å². The summed E-state index contributed by atoms with van der Waals surface area (Å²) in [6.45, 7) is 5.17. The van der Waals surface area contributed by atoms with Gasteiger partial charge in [-0.15, -0.1) is 0 Å². The van der Waals surface area contributed by atoms with Gasteiger partial charge in [-0.2, -0.15) is 13.2 Å². The Balaban J connectivity index is 0.000000423. The molecule has 11 nitrogen and oxygen atoms in total. The second-order valence-electron chi connectivity index (χ2n) is 12.0. The first-order valence-electron chi connectivity index (χ1n) is 14.7. The van der Waals surface area contributed by atoms with E-state index in [1.807, 2.05) is 13.8 Å². The predicted octanol–water partition coefficient (Wildman–Crippen LogP) is 1.14. The molecule has 1 heterocycles. The predicted molar refractivity (Wildman–Crippen MR) is 165 cm³/mol. The molecule has 3 unspecified atom stereocenters. The quantitative estimate of drug-likeness (QED) is 0.210.